The average molecular weight is 375 g/mol. The van der Waals surface area contributed by atoms with Gasteiger partial charge in [0.2, 0.25) is 11.8 Å². The Balaban J connectivity index is 1.83. The number of hydrogen-bond acceptors (Lipinski definition) is 2. The molecule has 0 aliphatic carbocycles. The van der Waals surface area contributed by atoms with Crippen LogP contribution in [0.1, 0.15) is 36.9 Å². The number of hydrogen-bond donors (Lipinski definition) is 1. The van der Waals surface area contributed by atoms with Crippen LogP contribution in [-0.4, -0.2) is 18.4 Å². The third kappa shape index (κ3) is 4.22. The fraction of sp³-hybridized carbons (Fsp3) is 0.300. The molecule has 2 amide bonds. The van der Waals surface area contributed by atoms with Crippen molar-refractivity contribution in [3.05, 3.63) is 64.4 Å². The van der Waals surface area contributed by atoms with Gasteiger partial charge < -0.3 is 10.2 Å². The summed E-state index contributed by atoms with van der Waals surface area (Å²) < 4.78 is 13.7. The number of rotatable bonds is 4. The van der Waals surface area contributed by atoms with Crippen molar-refractivity contribution in [1.82, 2.24) is 5.32 Å². The standard InChI is InChI=1S/C20H20ClFN2O2/c1-13(25)23-18(14-4-7-16(21)8-5-14)12-20(26)24-10-2-3-15-6-9-17(22)11-19(15)24/h4-9,11,18H,2-3,10,12H2,1H3,(H,23,25). The van der Waals surface area contributed by atoms with E-state index in [0.29, 0.717) is 17.3 Å². The molecule has 4 nitrogen and oxygen atoms in total. The van der Waals surface area contributed by atoms with E-state index in [0.717, 1.165) is 24.0 Å². The summed E-state index contributed by atoms with van der Waals surface area (Å²) in [6.07, 6.45) is 1.75. The van der Waals surface area contributed by atoms with Gasteiger partial charge in [-0.15, -0.1) is 0 Å². The molecule has 0 spiro atoms. The third-order valence-corrected chi connectivity index (χ3v) is 4.75. The van der Waals surface area contributed by atoms with Crippen molar-refractivity contribution in [3.8, 4) is 0 Å². The van der Waals surface area contributed by atoms with Crippen LogP contribution in [0.4, 0.5) is 10.1 Å². The van der Waals surface area contributed by atoms with Gasteiger partial charge in [0.15, 0.2) is 0 Å². The predicted molar refractivity (Wildman–Crippen MR) is 99.7 cm³/mol. The van der Waals surface area contributed by atoms with E-state index in [1.54, 1.807) is 35.2 Å². The maximum Gasteiger partial charge on any atom is 0.229 e. The fourth-order valence-corrected chi connectivity index (χ4v) is 3.41. The van der Waals surface area contributed by atoms with Crippen LogP contribution in [0.25, 0.3) is 0 Å². The van der Waals surface area contributed by atoms with E-state index in [1.165, 1.54) is 19.1 Å². The van der Waals surface area contributed by atoms with Gasteiger partial charge in [-0.25, -0.2) is 4.39 Å². The predicted octanol–water partition coefficient (Wildman–Crippen LogP) is 4.03. The third-order valence-electron chi connectivity index (χ3n) is 4.50. The smallest absolute Gasteiger partial charge is 0.229 e. The van der Waals surface area contributed by atoms with Crippen LogP contribution < -0.4 is 10.2 Å². The molecular weight excluding hydrogens is 355 g/mol. The first-order valence-electron chi connectivity index (χ1n) is 8.55. The topological polar surface area (TPSA) is 49.4 Å². The van der Waals surface area contributed by atoms with Crippen molar-refractivity contribution in [1.29, 1.82) is 0 Å². The normalized spacial score (nSPS) is 14.5. The average Bonchev–Trinajstić information content (AvgIpc) is 2.60. The summed E-state index contributed by atoms with van der Waals surface area (Å²) in [5.41, 5.74) is 2.39. The number of nitrogens with one attached hydrogen (secondary N) is 1. The number of halogens is 2. The van der Waals surface area contributed by atoms with Crippen molar-refractivity contribution in [2.75, 3.05) is 11.4 Å². The zero-order chi connectivity index (χ0) is 18.7. The quantitative estimate of drug-likeness (QED) is 0.878. The highest BCUT2D eigenvalue weighted by molar-refractivity contribution is 6.30. The number of aryl methyl sites for hydroxylation is 1. The summed E-state index contributed by atoms with van der Waals surface area (Å²) in [6, 6.07) is 11.1. The van der Waals surface area contributed by atoms with Crippen LogP contribution in [0.3, 0.4) is 0 Å². The molecule has 2 aromatic carbocycles. The maximum absolute atomic E-state index is 13.7. The van der Waals surface area contributed by atoms with Crippen LogP contribution in [0.5, 0.6) is 0 Å². The zero-order valence-corrected chi connectivity index (χ0v) is 15.2. The van der Waals surface area contributed by atoms with Gasteiger partial charge in [0.25, 0.3) is 0 Å². The van der Waals surface area contributed by atoms with Crippen molar-refractivity contribution < 1.29 is 14.0 Å². The van der Waals surface area contributed by atoms with E-state index in [-0.39, 0.29) is 24.1 Å². The Kier molecular flexibility index (Phi) is 5.57. The molecule has 1 heterocycles. The first-order valence-corrected chi connectivity index (χ1v) is 8.93. The van der Waals surface area contributed by atoms with E-state index < -0.39 is 6.04 Å². The Hall–Kier alpha value is -2.40. The molecule has 0 saturated carbocycles. The van der Waals surface area contributed by atoms with Crippen molar-refractivity contribution in [2.24, 2.45) is 0 Å². The van der Waals surface area contributed by atoms with Gasteiger partial charge in [-0.3, -0.25) is 9.59 Å². The Bertz CT molecular complexity index is 823. The first-order chi connectivity index (χ1) is 12.4. The summed E-state index contributed by atoms with van der Waals surface area (Å²) in [5.74, 6) is -0.729. The SMILES string of the molecule is CC(=O)NC(CC(=O)N1CCCc2ccc(F)cc21)c1ccc(Cl)cc1. The number of fused-ring (bicyclic) bond motifs is 1. The Morgan fingerprint density at radius 1 is 1.23 bits per heavy atom. The second-order valence-corrected chi connectivity index (χ2v) is 6.87. The number of nitrogens with zero attached hydrogens (tertiary/aromatic N) is 1. The highest BCUT2D eigenvalue weighted by Gasteiger charge is 2.26. The molecule has 0 aromatic heterocycles. The molecule has 136 valence electrons. The number of amides is 2. The molecule has 1 atom stereocenters. The lowest BCUT2D eigenvalue weighted by atomic mass is 9.99. The van der Waals surface area contributed by atoms with E-state index in [4.69, 9.17) is 11.6 Å². The lowest BCUT2D eigenvalue weighted by molar-refractivity contribution is -0.121. The molecule has 2 aromatic rings. The molecule has 26 heavy (non-hydrogen) atoms. The minimum absolute atomic E-state index is 0.0944. The molecule has 1 aliphatic rings. The largest absolute Gasteiger partial charge is 0.349 e. The maximum atomic E-state index is 13.7. The molecule has 0 saturated heterocycles. The molecule has 6 heteroatoms. The molecule has 3 rings (SSSR count). The number of anilines is 1. The van der Waals surface area contributed by atoms with Crippen molar-refractivity contribution >= 4 is 29.1 Å². The Morgan fingerprint density at radius 3 is 2.65 bits per heavy atom. The lowest BCUT2D eigenvalue weighted by Gasteiger charge is -2.31. The van der Waals surface area contributed by atoms with Crippen LogP contribution >= 0.6 is 11.6 Å². The van der Waals surface area contributed by atoms with Gasteiger partial charge in [0.1, 0.15) is 5.82 Å². The minimum atomic E-state index is -0.462. The van der Waals surface area contributed by atoms with Gasteiger partial charge >= 0.3 is 0 Å². The van der Waals surface area contributed by atoms with Gasteiger partial charge in [-0.1, -0.05) is 29.8 Å². The zero-order valence-electron chi connectivity index (χ0n) is 14.5. The van der Waals surface area contributed by atoms with Crippen molar-refractivity contribution in [2.45, 2.75) is 32.2 Å². The molecule has 0 bridgehead atoms. The summed E-state index contributed by atoms with van der Waals surface area (Å²) in [7, 11) is 0. The molecule has 1 N–H and O–H groups in total. The monoisotopic (exact) mass is 374 g/mol. The first kappa shape index (κ1) is 18.4. The molecular formula is C20H20ClFN2O2. The van der Waals surface area contributed by atoms with E-state index in [1.807, 2.05) is 0 Å². The minimum Gasteiger partial charge on any atom is -0.349 e. The van der Waals surface area contributed by atoms with Gasteiger partial charge in [0, 0.05) is 24.2 Å². The van der Waals surface area contributed by atoms with E-state index in [9.17, 15) is 14.0 Å². The summed E-state index contributed by atoms with van der Waals surface area (Å²) in [4.78, 5) is 26.1. The summed E-state index contributed by atoms with van der Waals surface area (Å²) in [5, 5.41) is 3.40. The summed E-state index contributed by atoms with van der Waals surface area (Å²) >= 11 is 5.92. The second kappa shape index (κ2) is 7.87. The second-order valence-electron chi connectivity index (χ2n) is 6.43. The van der Waals surface area contributed by atoms with Crippen LogP contribution in [0.2, 0.25) is 5.02 Å². The Morgan fingerprint density at radius 2 is 1.96 bits per heavy atom. The molecule has 1 aliphatic heterocycles. The van der Waals surface area contributed by atoms with Gasteiger partial charge in [-0.2, -0.15) is 0 Å². The van der Waals surface area contributed by atoms with E-state index >= 15 is 0 Å². The highest BCUT2D eigenvalue weighted by Crippen LogP contribution is 2.30. The van der Waals surface area contributed by atoms with Crippen molar-refractivity contribution in [3.63, 3.8) is 0 Å². The lowest BCUT2D eigenvalue weighted by Crippen LogP contribution is -2.38. The van der Waals surface area contributed by atoms with Gasteiger partial charge in [0.05, 0.1) is 12.5 Å². The molecule has 0 radical (unpaired) electrons. The van der Waals surface area contributed by atoms with E-state index in [2.05, 4.69) is 5.32 Å². The fourth-order valence-electron chi connectivity index (χ4n) is 3.28. The summed E-state index contributed by atoms with van der Waals surface area (Å²) in [6.45, 7) is 1.96. The van der Waals surface area contributed by atoms with Crippen LogP contribution in [0.15, 0.2) is 42.5 Å². The highest BCUT2D eigenvalue weighted by atomic mass is 35.5. The number of carbonyl (C=O) groups is 2. The number of benzene rings is 2. The van der Waals surface area contributed by atoms with Crippen LogP contribution in [-0.2, 0) is 16.0 Å². The van der Waals surface area contributed by atoms with Gasteiger partial charge in [-0.05, 0) is 48.2 Å². The molecule has 0 fully saturated rings. The Labute approximate surface area is 157 Å². The van der Waals surface area contributed by atoms with Crippen LogP contribution in [0, 0.1) is 5.82 Å². The number of carbonyl (C=O) groups excluding carboxylic acids is 2. The molecule has 1 unspecified atom stereocenters.